The Labute approximate surface area is 142 Å². The second kappa shape index (κ2) is 6.61. The highest BCUT2D eigenvalue weighted by Gasteiger charge is 2.39. The molecule has 0 saturated carbocycles. The Morgan fingerprint density at radius 1 is 1.21 bits per heavy atom. The average Bonchev–Trinajstić information content (AvgIpc) is 2.64. The minimum Gasteiger partial charge on any atom is -0.486 e. The van der Waals surface area contributed by atoms with Crippen LogP contribution in [0.3, 0.4) is 0 Å². The first-order valence-electron chi connectivity index (χ1n) is 8.74. The summed E-state index contributed by atoms with van der Waals surface area (Å²) in [6, 6.07) is 7.83. The lowest BCUT2D eigenvalue weighted by Gasteiger charge is -2.43. The summed E-state index contributed by atoms with van der Waals surface area (Å²) in [5, 5.41) is 2.93. The van der Waals surface area contributed by atoms with Crippen molar-refractivity contribution in [3.63, 3.8) is 0 Å². The number of para-hydroxylation sites is 2. The number of carbonyl (C=O) groups is 1. The van der Waals surface area contributed by atoms with Crippen LogP contribution in [0.2, 0.25) is 0 Å². The van der Waals surface area contributed by atoms with E-state index in [9.17, 15) is 4.79 Å². The van der Waals surface area contributed by atoms with Gasteiger partial charge in [0.1, 0.15) is 19.3 Å². The van der Waals surface area contributed by atoms with Crippen molar-refractivity contribution in [3.8, 4) is 11.5 Å². The van der Waals surface area contributed by atoms with Gasteiger partial charge in [-0.05, 0) is 25.0 Å². The Morgan fingerprint density at radius 2 is 2.00 bits per heavy atom. The zero-order chi connectivity index (χ0) is 16.4. The third-order valence-electron chi connectivity index (χ3n) is 5.22. The fraction of sp³-hybridized carbons (Fsp3) is 0.611. The molecule has 1 aromatic rings. The normalized spacial score (nSPS) is 26.2. The molecule has 0 bridgehead atoms. The van der Waals surface area contributed by atoms with E-state index in [1.807, 2.05) is 24.3 Å². The van der Waals surface area contributed by atoms with Crippen LogP contribution >= 0.6 is 0 Å². The standard InChI is InChI=1S/C18H24N2O4/c21-17-12-23-18(13-19-17)6-9-20(10-7-18)8-5-14-11-22-15-3-1-2-4-16(15)24-14/h1-4,14H,5-13H2,(H,19,21). The van der Waals surface area contributed by atoms with Crippen molar-refractivity contribution in [1.82, 2.24) is 10.2 Å². The summed E-state index contributed by atoms with van der Waals surface area (Å²) in [7, 11) is 0. The van der Waals surface area contributed by atoms with Crippen LogP contribution in [0.25, 0.3) is 0 Å². The Bertz CT molecular complexity index is 586. The second-order valence-corrected chi connectivity index (χ2v) is 6.88. The maximum absolute atomic E-state index is 11.2. The van der Waals surface area contributed by atoms with Crippen LogP contribution < -0.4 is 14.8 Å². The summed E-state index contributed by atoms with van der Waals surface area (Å²) >= 11 is 0. The Balaban J connectivity index is 1.23. The van der Waals surface area contributed by atoms with Gasteiger partial charge < -0.3 is 24.4 Å². The molecule has 2 saturated heterocycles. The van der Waals surface area contributed by atoms with E-state index in [1.54, 1.807) is 0 Å². The van der Waals surface area contributed by atoms with Gasteiger partial charge in [0.15, 0.2) is 11.5 Å². The summed E-state index contributed by atoms with van der Waals surface area (Å²) in [5.41, 5.74) is -0.145. The topological polar surface area (TPSA) is 60.0 Å². The highest BCUT2D eigenvalue weighted by Crippen LogP contribution is 2.32. The zero-order valence-electron chi connectivity index (χ0n) is 13.8. The van der Waals surface area contributed by atoms with E-state index in [-0.39, 0.29) is 24.2 Å². The summed E-state index contributed by atoms with van der Waals surface area (Å²) in [5.74, 6) is 1.68. The van der Waals surface area contributed by atoms with Crippen LogP contribution in [0, 0.1) is 0 Å². The van der Waals surface area contributed by atoms with Gasteiger partial charge in [0, 0.05) is 32.6 Å². The number of nitrogens with one attached hydrogen (secondary N) is 1. The molecule has 0 aliphatic carbocycles. The molecular weight excluding hydrogens is 308 g/mol. The summed E-state index contributed by atoms with van der Waals surface area (Å²) in [4.78, 5) is 13.7. The van der Waals surface area contributed by atoms with Crippen molar-refractivity contribution >= 4 is 5.91 Å². The largest absolute Gasteiger partial charge is 0.486 e. The van der Waals surface area contributed by atoms with E-state index in [0.717, 1.165) is 50.4 Å². The van der Waals surface area contributed by atoms with Gasteiger partial charge >= 0.3 is 0 Å². The number of hydrogen-bond acceptors (Lipinski definition) is 5. The molecule has 6 nitrogen and oxygen atoms in total. The highest BCUT2D eigenvalue weighted by atomic mass is 16.6. The first kappa shape index (κ1) is 15.7. The van der Waals surface area contributed by atoms with Gasteiger partial charge in [0.2, 0.25) is 5.91 Å². The van der Waals surface area contributed by atoms with Gasteiger partial charge in [0.25, 0.3) is 0 Å². The van der Waals surface area contributed by atoms with E-state index < -0.39 is 0 Å². The summed E-state index contributed by atoms with van der Waals surface area (Å²) < 4.78 is 17.6. The van der Waals surface area contributed by atoms with E-state index in [4.69, 9.17) is 14.2 Å². The number of hydrogen-bond donors (Lipinski definition) is 1. The summed E-state index contributed by atoms with van der Waals surface area (Å²) in [6.07, 6.45) is 3.01. The van der Waals surface area contributed by atoms with Crippen LogP contribution in [-0.2, 0) is 9.53 Å². The smallest absolute Gasteiger partial charge is 0.246 e. The number of carbonyl (C=O) groups excluding carboxylic acids is 1. The molecule has 2 fully saturated rings. The van der Waals surface area contributed by atoms with Gasteiger partial charge in [-0.25, -0.2) is 0 Å². The zero-order valence-corrected chi connectivity index (χ0v) is 13.8. The van der Waals surface area contributed by atoms with Crippen molar-refractivity contribution in [2.75, 3.05) is 39.4 Å². The molecular formula is C18H24N2O4. The molecule has 6 heteroatoms. The second-order valence-electron chi connectivity index (χ2n) is 6.88. The van der Waals surface area contributed by atoms with Crippen molar-refractivity contribution < 1.29 is 19.0 Å². The number of fused-ring (bicyclic) bond motifs is 1. The molecule has 0 aromatic heterocycles. The number of nitrogens with zero attached hydrogens (tertiary/aromatic N) is 1. The maximum Gasteiger partial charge on any atom is 0.246 e. The number of likely N-dealkylation sites (tertiary alicyclic amines) is 1. The van der Waals surface area contributed by atoms with Crippen molar-refractivity contribution in [2.45, 2.75) is 31.0 Å². The number of morpholine rings is 1. The molecule has 130 valence electrons. The van der Waals surface area contributed by atoms with E-state index in [1.165, 1.54) is 0 Å². The van der Waals surface area contributed by atoms with Crippen molar-refractivity contribution in [2.24, 2.45) is 0 Å². The number of ether oxygens (including phenoxy) is 3. The van der Waals surface area contributed by atoms with Crippen LogP contribution in [0.1, 0.15) is 19.3 Å². The third-order valence-corrected chi connectivity index (χ3v) is 5.22. The van der Waals surface area contributed by atoms with Gasteiger partial charge in [-0.1, -0.05) is 12.1 Å². The predicted octanol–water partition coefficient (Wildman–Crippen LogP) is 1.20. The molecule has 3 aliphatic rings. The van der Waals surface area contributed by atoms with E-state index in [2.05, 4.69) is 10.2 Å². The first-order chi connectivity index (χ1) is 11.7. The van der Waals surface area contributed by atoms with Crippen LogP contribution in [-0.4, -0.2) is 61.9 Å². The number of piperidine rings is 1. The molecule has 24 heavy (non-hydrogen) atoms. The Kier molecular flexibility index (Phi) is 4.33. The average molecular weight is 332 g/mol. The molecule has 1 amide bonds. The lowest BCUT2D eigenvalue weighted by atomic mass is 9.90. The van der Waals surface area contributed by atoms with Crippen molar-refractivity contribution in [3.05, 3.63) is 24.3 Å². The molecule has 3 heterocycles. The minimum absolute atomic E-state index is 0.00205. The van der Waals surface area contributed by atoms with E-state index >= 15 is 0 Å². The quantitative estimate of drug-likeness (QED) is 0.901. The molecule has 1 spiro atoms. The monoisotopic (exact) mass is 332 g/mol. The van der Waals surface area contributed by atoms with Gasteiger partial charge in [-0.3, -0.25) is 4.79 Å². The van der Waals surface area contributed by atoms with Gasteiger partial charge in [0.05, 0.1) is 5.60 Å². The lowest BCUT2D eigenvalue weighted by Crippen LogP contribution is -2.57. The van der Waals surface area contributed by atoms with Crippen LogP contribution in [0.5, 0.6) is 11.5 Å². The fourth-order valence-electron chi connectivity index (χ4n) is 3.62. The maximum atomic E-state index is 11.2. The minimum atomic E-state index is -0.145. The number of amides is 1. The number of benzene rings is 1. The number of rotatable bonds is 3. The van der Waals surface area contributed by atoms with E-state index in [0.29, 0.717) is 13.2 Å². The fourth-order valence-corrected chi connectivity index (χ4v) is 3.62. The van der Waals surface area contributed by atoms with Crippen LogP contribution in [0.15, 0.2) is 24.3 Å². The molecule has 0 radical (unpaired) electrons. The van der Waals surface area contributed by atoms with Gasteiger partial charge in [-0.2, -0.15) is 0 Å². The van der Waals surface area contributed by atoms with Crippen molar-refractivity contribution in [1.29, 1.82) is 0 Å². The SMILES string of the molecule is O=C1COC2(CCN(CCC3COc4ccccc4O3)CC2)CN1. The summed E-state index contributed by atoms with van der Waals surface area (Å²) in [6.45, 7) is 4.46. The lowest BCUT2D eigenvalue weighted by molar-refractivity contribution is -0.150. The predicted molar refractivity (Wildman–Crippen MR) is 88.3 cm³/mol. The highest BCUT2D eigenvalue weighted by molar-refractivity contribution is 5.78. The Hall–Kier alpha value is -1.79. The molecule has 1 aromatic carbocycles. The molecule has 1 unspecified atom stereocenters. The third kappa shape index (κ3) is 3.35. The van der Waals surface area contributed by atoms with Crippen LogP contribution in [0.4, 0.5) is 0 Å². The molecule has 3 aliphatic heterocycles. The van der Waals surface area contributed by atoms with Gasteiger partial charge in [-0.15, -0.1) is 0 Å². The Morgan fingerprint density at radius 3 is 2.75 bits per heavy atom. The molecule has 4 rings (SSSR count). The molecule has 1 atom stereocenters. The first-order valence-corrected chi connectivity index (χ1v) is 8.74. The molecule has 1 N–H and O–H groups in total.